The number of aliphatic hydroxyl groups excluding tert-OH is 3. The summed E-state index contributed by atoms with van der Waals surface area (Å²) in [5.41, 5.74) is 0.489. The van der Waals surface area contributed by atoms with E-state index >= 15 is 0 Å². The van der Waals surface area contributed by atoms with E-state index in [2.05, 4.69) is 5.32 Å². The quantitative estimate of drug-likeness (QED) is 0.0668. The number of carbonyl (C=O) groups excluding carboxylic acids is 2. The highest BCUT2D eigenvalue weighted by Gasteiger charge is 2.55. The van der Waals surface area contributed by atoms with E-state index in [0.717, 1.165) is 36.1 Å². The highest BCUT2D eigenvalue weighted by molar-refractivity contribution is 7.96. The summed E-state index contributed by atoms with van der Waals surface area (Å²) in [6.45, 7) is 2.61. The zero-order valence-electron chi connectivity index (χ0n) is 32.3. The molecule has 4 rings (SSSR count). The number of fused-ring (bicyclic) bond motifs is 1. The number of Topliss-reactive ketones (excluding diaryl/α,β-unsaturated/α-hetero) is 1. The second-order valence-corrected chi connectivity index (χ2v) is 12.3. The maximum atomic E-state index is 13.6. The van der Waals surface area contributed by atoms with Crippen LogP contribution in [-0.4, -0.2) is 146 Å². The van der Waals surface area contributed by atoms with Crippen LogP contribution in [0.2, 0.25) is 0 Å². The van der Waals surface area contributed by atoms with Crippen molar-refractivity contribution in [2.75, 3.05) is 23.7 Å². The molecule has 0 spiro atoms. The molecule has 0 radical (unpaired) electrons. The van der Waals surface area contributed by atoms with Crippen molar-refractivity contribution in [2.45, 2.75) is 75.0 Å². The molecule has 2 aliphatic heterocycles. The van der Waals surface area contributed by atoms with Gasteiger partial charge in [0.25, 0.3) is 0 Å². The minimum atomic E-state index is -1.46. The molecule has 0 aromatic heterocycles. The Morgan fingerprint density at radius 2 is 1.78 bits per heavy atom. The molecule has 1 aromatic rings. The number of ketones is 1. The molecule has 1 aliphatic carbocycles. The molecule has 0 bridgehead atoms. The Kier molecular flexibility index (Phi) is 10.1. The van der Waals surface area contributed by atoms with Crippen LogP contribution < -0.4 is 14.2 Å². The van der Waals surface area contributed by atoms with Crippen LogP contribution >= 0.6 is 36.1 Å². The predicted molar refractivity (Wildman–Crippen MR) is 178 cm³/mol. The van der Waals surface area contributed by atoms with Gasteiger partial charge in [0.15, 0.2) is 17.3 Å². The summed E-state index contributed by atoms with van der Waals surface area (Å²) >= 11 is 2.35. The van der Waals surface area contributed by atoms with Gasteiger partial charge in [-0.3, -0.25) is 9.59 Å². The molecule has 2 saturated heterocycles. The van der Waals surface area contributed by atoms with Crippen molar-refractivity contribution in [3.63, 3.8) is 0 Å². The van der Waals surface area contributed by atoms with Gasteiger partial charge in [-0.15, -0.1) is 0 Å². The normalized spacial score (nSPS) is 35.2. The van der Waals surface area contributed by atoms with Gasteiger partial charge < -0.3 is 52.1 Å². The fourth-order valence-electron chi connectivity index (χ4n) is 5.00. The Bertz CT molecular complexity index is 1410. The van der Waals surface area contributed by atoms with Crippen LogP contribution in [0.5, 0.6) is 11.5 Å². The molecular weight excluding hydrogens is 647 g/mol. The number of hydrogen-bond acceptors (Lipinski definition) is 15. The molecule has 45 heavy (non-hydrogen) atoms. The van der Waals surface area contributed by atoms with Gasteiger partial charge in [-0.25, -0.2) is 0 Å². The maximum absolute atomic E-state index is 13.6. The topological polar surface area (TPSA) is 171 Å². The van der Waals surface area contributed by atoms with Gasteiger partial charge in [-0.2, -0.15) is 0 Å². The monoisotopic (exact) mass is 698 g/mol. The van der Waals surface area contributed by atoms with Gasteiger partial charge in [-0.1, -0.05) is 6.07 Å². The molecule has 3 aliphatic rings. The van der Waals surface area contributed by atoms with E-state index < -0.39 is 96.2 Å². The zero-order valence-corrected chi connectivity index (χ0v) is 26.8. The van der Waals surface area contributed by atoms with E-state index in [0.29, 0.717) is 5.56 Å². The van der Waals surface area contributed by atoms with E-state index in [9.17, 15) is 14.7 Å². The van der Waals surface area contributed by atoms with E-state index in [1.165, 1.54) is 32.1 Å². The Balaban J connectivity index is 1.55. The molecule has 2 heterocycles. The first-order chi connectivity index (χ1) is 25.2. The van der Waals surface area contributed by atoms with Crippen molar-refractivity contribution in [1.29, 1.82) is 10.9 Å². The third-order valence-corrected chi connectivity index (χ3v) is 8.50. The molecular formula is C26H38B3NO12S3. The van der Waals surface area contributed by atoms with Crippen LogP contribution in [0.3, 0.4) is 0 Å². The van der Waals surface area contributed by atoms with Gasteiger partial charge in [0.1, 0.15) is 78.9 Å². The molecule has 13 nitrogen and oxygen atoms in total. The Morgan fingerprint density at radius 3 is 2.49 bits per heavy atom. The summed E-state index contributed by atoms with van der Waals surface area (Å²) in [5, 5.41) is 23.5. The van der Waals surface area contributed by atoms with Gasteiger partial charge in [-0.05, 0) is 81.0 Å². The average molecular weight is 698 g/mol. The summed E-state index contributed by atoms with van der Waals surface area (Å²) in [7, 11) is -3.60. The number of nitrogens with one attached hydrogen (secondary N) is 1. The molecule has 1 amide bonds. The fraction of sp³-hybridized carbons (Fsp3) is 0.615. The maximum Gasteiger partial charge on any atom is 0.247 e. The van der Waals surface area contributed by atoms with Crippen molar-refractivity contribution < 1.29 is 56.4 Å². The first kappa shape index (κ1) is 26.6. The van der Waals surface area contributed by atoms with Crippen molar-refractivity contribution in [3.8, 4) is 11.5 Å². The van der Waals surface area contributed by atoms with Crippen LogP contribution in [0.1, 0.15) is 19.4 Å². The smallest absolute Gasteiger partial charge is 0.247 e. The van der Waals surface area contributed by atoms with Gasteiger partial charge in [0.05, 0.1) is 6.04 Å². The van der Waals surface area contributed by atoms with Gasteiger partial charge in [0.2, 0.25) is 15.1 Å². The molecule has 10 atom stereocenters. The third-order valence-electron chi connectivity index (χ3n) is 7.08. The lowest BCUT2D eigenvalue weighted by molar-refractivity contribution is -0.147. The molecule has 1 aromatic carbocycles. The molecule has 246 valence electrons. The van der Waals surface area contributed by atoms with Gasteiger partial charge in [0, 0.05) is 23.3 Å². The second kappa shape index (κ2) is 17.1. The van der Waals surface area contributed by atoms with Crippen LogP contribution in [0.15, 0.2) is 23.8 Å². The second-order valence-electron chi connectivity index (χ2n) is 10.0. The first-order valence-corrected chi connectivity index (χ1v) is 16.5. The highest BCUT2D eigenvalue weighted by Crippen LogP contribution is 2.37. The van der Waals surface area contributed by atoms with Crippen LogP contribution in [0.25, 0.3) is 6.08 Å². The number of amides is 1. The summed E-state index contributed by atoms with van der Waals surface area (Å²) in [5.74, 6) is -0.949. The SMILES string of the molecule is [2H]B([3H])CSOc1cc(/C=C(\C)C(=O)NC2[C@@H](OSCB([2H])[3H])[C@@H]3OCO[C@@H]3[C@H](O[3H])[C@H]2O[3H])ccc1O[C@@H]1O[C@H](C(C)=O)[C@@H](OSCB([2H])[3H])[C@@H]1O. The van der Waals surface area contributed by atoms with E-state index in [1.54, 1.807) is 6.07 Å². The van der Waals surface area contributed by atoms with E-state index in [1.807, 2.05) is 0 Å². The number of rotatable bonds is 20. The van der Waals surface area contributed by atoms with Crippen LogP contribution in [0, 0.1) is 0 Å². The number of aliphatic hydroxyl groups is 3. The minimum Gasteiger partial charge on any atom is -0.458 e. The Hall–Kier alpha value is -1.38. The summed E-state index contributed by atoms with van der Waals surface area (Å²) in [6, 6.07) is 3.42. The number of ether oxygens (including phenoxy) is 4. The number of benzene rings is 1. The van der Waals surface area contributed by atoms with Crippen LogP contribution in [-0.2, 0) is 32.2 Å². The Morgan fingerprint density at radius 1 is 1.07 bits per heavy atom. The van der Waals surface area contributed by atoms with Crippen molar-refractivity contribution in [3.05, 3.63) is 29.3 Å². The lowest BCUT2D eigenvalue weighted by Gasteiger charge is -2.43. The van der Waals surface area contributed by atoms with Crippen molar-refractivity contribution in [2.24, 2.45) is 0 Å². The molecule has 1 saturated carbocycles. The predicted octanol–water partition coefficient (Wildman–Crippen LogP) is -2.03. The molecule has 3 fully saturated rings. The molecule has 1 unspecified atom stereocenters. The Labute approximate surface area is 289 Å². The lowest BCUT2D eigenvalue weighted by Crippen LogP contribution is -2.67. The largest absolute Gasteiger partial charge is 0.458 e. The summed E-state index contributed by atoms with van der Waals surface area (Å²) in [4.78, 5) is 25.9. The summed E-state index contributed by atoms with van der Waals surface area (Å²) < 4.78 is 99.9. The number of hydrogen-bond donors (Lipinski definition) is 4. The lowest BCUT2D eigenvalue weighted by atomic mass is 9.83. The van der Waals surface area contributed by atoms with Crippen molar-refractivity contribution >= 4 is 77.2 Å². The standard InChI is InChI=1S/C26H38B3NO12S3/c1-11(25(35)30-16-17(32)18(33)22-24(37-10-36-22)21(16)41-44-8-28)5-13-3-4-14(15(6-13)40-43-7-27)38-26-19(34)23(42-45-9-29)20(39-26)12(2)31/h3-6,16-24,26,32-34H,7-10,27-29H2,1-2H3,(H,30,35)/b11-5+/t16?,17-,18+,19-,20+,21+,22+,23-,24-,26+/m0/s1/i27TD,28TD,29TD,32T,33T. The van der Waals surface area contributed by atoms with Gasteiger partial charge >= 0.3 is 0 Å². The summed E-state index contributed by atoms with van der Waals surface area (Å²) in [6.07, 6.45) is -8.76. The van der Waals surface area contributed by atoms with E-state index in [-0.39, 0.29) is 40.8 Å². The highest BCUT2D eigenvalue weighted by atomic mass is 32.2. The van der Waals surface area contributed by atoms with Crippen LogP contribution in [0.4, 0.5) is 0 Å². The minimum absolute atomic E-state index is 0.0257. The molecule has 19 heteroatoms. The molecule has 4 N–H and O–H groups in total. The fourth-order valence-corrected chi connectivity index (χ4v) is 6.24. The van der Waals surface area contributed by atoms with Crippen molar-refractivity contribution in [1.82, 2.24) is 5.32 Å². The first-order valence-electron chi connectivity index (χ1n) is 18.0. The number of carbonyl (C=O) groups is 2. The zero-order chi connectivity index (χ0) is 38.8. The van der Waals surface area contributed by atoms with E-state index in [4.69, 9.17) is 52.6 Å². The average Bonchev–Trinajstić information content (AvgIpc) is 3.70. The third kappa shape index (κ3) is 8.76.